The van der Waals surface area contributed by atoms with Gasteiger partial charge in [-0.3, -0.25) is 9.59 Å². The van der Waals surface area contributed by atoms with Gasteiger partial charge in [-0.2, -0.15) is 0 Å². The molecule has 1 saturated heterocycles. The summed E-state index contributed by atoms with van der Waals surface area (Å²) in [6.07, 6.45) is 2.34. The summed E-state index contributed by atoms with van der Waals surface area (Å²) in [6.45, 7) is 3.43. The Bertz CT molecular complexity index is 1080. The zero-order chi connectivity index (χ0) is 23.2. The average molecular weight is 448 g/mol. The highest BCUT2D eigenvalue weighted by Crippen LogP contribution is 2.24. The molecule has 33 heavy (non-hydrogen) atoms. The van der Waals surface area contributed by atoms with E-state index < -0.39 is 6.04 Å². The quantitative estimate of drug-likeness (QED) is 0.573. The largest absolute Gasteiger partial charge is 0.378 e. The molecular weight excluding hydrogens is 418 g/mol. The van der Waals surface area contributed by atoms with E-state index in [4.69, 9.17) is 4.74 Å². The summed E-state index contributed by atoms with van der Waals surface area (Å²) in [6, 6.07) is 17.8. The Labute approximate surface area is 193 Å². The van der Waals surface area contributed by atoms with Crippen LogP contribution in [0.15, 0.2) is 60.8 Å². The Balaban J connectivity index is 1.34. The molecule has 0 saturated carbocycles. The van der Waals surface area contributed by atoms with Crippen LogP contribution in [0, 0.1) is 5.92 Å². The lowest BCUT2D eigenvalue weighted by atomic mass is 10.0. The van der Waals surface area contributed by atoms with Gasteiger partial charge in [0.15, 0.2) is 0 Å². The third kappa shape index (κ3) is 5.64. The smallest absolute Gasteiger partial charge is 0.245 e. The molecular formula is C25H29N5O3. The number of methoxy groups -OCH3 is 1. The highest BCUT2D eigenvalue weighted by Gasteiger charge is 2.37. The lowest BCUT2D eigenvalue weighted by Crippen LogP contribution is -2.46. The second-order valence-electron chi connectivity index (χ2n) is 8.52. The predicted octanol–water partition coefficient (Wildman–Crippen LogP) is 2.64. The summed E-state index contributed by atoms with van der Waals surface area (Å²) in [7, 11) is 1.58. The van der Waals surface area contributed by atoms with Crippen molar-refractivity contribution < 1.29 is 14.3 Å². The van der Waals surface area contributed by atoms with E-state index in [1.807, 2.05) is 30.3 Å². The van der Waals surface area contributed by atoms with Crippen molar-refractivity contribution in [2.24, 2.45) is 5.92 Å². The van der Waals surface area contributed by atoms with Crippen molar-refractivity contribution in [3.8, 4) is 11.1 Å². The van der Waals surface area contributed by atoms with Crippen LogP contribution in [0.2, 0.25) is 0 Å². The number of hydrogen-bond donors (Lipinski definition) is 1. The van der Waals surface area contributed by atoms with E-state index in [0.717, 1.165) is 16.7 Å². The van der Waals surface area contributed by atoms with Crippen molar-refractivity contribution in [3.63, 3.8) is 0 Å². The summed E-state index contributed by atoms with van der Waals surface area (Å²) in [5, 5.41) is 11.0. The van der Waals surface area contributed by atoms with Crippen LogP contribution < -0.4 is 5.32 Å². The molecule has 2 aromatic carbocycles. The van der Waals surface area contributed by atoms with Gasteiger partial charge < -0.3 is 15.0 Å². The van der Waals surface area contributed by atoms with Crippen molar-refractivity contribution in [3.05, 3.63) is 72.1 Å². The second kappa shape index (κ2) is 10.4. The van der Waals surface area contributed by atoms with Gasteiger partial charge in [0.25, 0.3) is 0 Å². The molecule has 1 aliphatic rings. The Morgan fingerprint density at radius 1 is 1.09 bits per heavy atom. The summed E-state index contributed by atoms with van der Waals surface area (Å²) < 4.78 is 6.53. The molecule has 0 aliphatic carbocycles. The van der Waals surface area contributed by atoms with Crippen molar-refractivity contribution in [1.82, 2.24) is 25.2 Å². The molecule has 2 amide bonds. The minimum Gasteiger partial charge on any atom is -0.378 e. The summed E-state index contributed by atoms with van der Waals surface area (Å²) in [5.41, 5.74) is 3.96. The Morgan fingerprint density at radius 3 is 2.55 bits per heavy atom. The molecule has 1 N–H and O–H groups in total. The van der Waals surface area contributed by atoms with Gasteiger partial charge in [0.1, 0.15) is 18.3 Å². The third-order valence-electron chi connectivity index (χ3n) is 5.84. The fourth-order valence-electron chi connectivity index (χ4n) is 4.18. The van der Waals surface area contributed by atoms with Crippen LogP contribution in [0.1, 0.15) is 24.6 Å². The molecule has 1 fully saturated rings. The molecule has 1 aromatic heterocycles. The van der Waals surface area contributed by atoms with Crippen LogP contribution in [0.25, 0.3) is 11.1 Å². The number of ether oxygens (including phenoxy) is 1. The van der Waals surface area contributed by atoms with E-state index in [2.05, 4.69) is 46.8 Å². The normalized spacial score (nSPS) is 17.8. The standard InChI is InChI=1S/C25H29N5O3/c1-18-12-23(30(14-18)24(31)16-29-15-22(17-33-2)27-28-29)25(32)26-13-19-8-10-21(11-9-19)20-6-4-3-5-7-20/h3-11,15,18,23H,12-14,16-17H2,1-2H3,(H,26,32)/t18-,23+/m1/s1. The van der Waals surface area contributed by atoms with Crippen LogP contribution in [-0.4, -0.2) is 51.4 Å². The fraction of sp³-hybridized carbons (Fsp3) is 0.360. The number of likely N-dealkylation sites (tertiary alicyclic amines) is 1. The van der Waals surface area contributed by atoms with Crippen LogP contribution >= 0.6 is 0 Å². The van der Waals surface area contributed by atoms with E-state index in [1.165, 1.54) is 4.68 Å². The zero-order valence-electron chi connectivity index (χ0n) is 19.0. The Morgan fingerprint density at radius 2 is 1.82 bits per heavy atom. The van der Waals surface area contributed by atoms with Crippen LogP contribution in [-0.2, 0) is 34.0 Å². The minimum atomic E-state index is -0.474. The van der Waals surface area contributed by atoms with Gasteiger partial charge in [-0.15, -0.1) is 5.10 Å². The number of aromatic nitrogens is 3. The van der Waals surface area contributed by atoms with Gasteiger partial charge in [0.05, 0.1) is 12.8 Å². The van der Waals surface area contributed by atoms with E-state index in [0.29, 0.717) is 31.8 Å². The van der Waals surface area contributed by atoms with E-state index in [1.54, 1.807) is 18.2 Å². The number of benzene rings is 2. The van der Waals surface area contributed by atoms with E-state index in [-0.39, 0.29) is 24.3 Å². The van der Waals surface area contributed by atoms with Gasteiger partial charge in [-0.25, -0.2) is 4.68 Å². The number of amides is 2. The molecule has 8 heteroatoms. The summed E-state index contributed by atoms with van der Waals surface area (Å²) >= 11 is 0. The molecule has 3 aromatic rings. The summed E-state index contributed by atoms with van der Waals surface area (Å²) in [5.74, 6) is -0.00580. The fourth-order valence-corrected chi connectivity index (χ4v) is 4.18. The van der Waals surface area contributed by atoms with Crippen LogP contribution in [0.5, 0.6) is 0 Å². The van der Waals surface area contributed by atoms with Gasteiger partial charge in [-0.1, -0.05) is 66.7 Å². The van der Waals surface area contributed by atoms with Crippen LogP contribution in [0.4, 0.5) is 0 Å². The van der Waals surface area contributed by atoms with Gasteiger partial charge in [0.2, 0.25) is 11.8 Å². The SMILES string of the molecule is COCc1cn(CC(=O)N2C[C@H](C)C[C@H]2C(=O)NCc2ccc(-c3ccccc3)cc2)nn1. The van der Waals surface area contributed by atoms with Gasteiger partial charge >= 0.3 is 0 Å². The first-order valence-electron chi connectivity index (χ1n) is 11.1. The highest BCUT2D eigenvalue weighted by molar-refractivity contribution is 5.88. The van der Waals surface area contributed by atoms with Crippen molar-refractivity contribution in [2.45, 2.75) is 39.1 Å². The van der Waals surface area contributed by atoms with Crippen molar-refractivity contribution >= 4 is 11.8 Å². The molecule has 4 rings (SSSR count). The number of nitrogens with one attached hydrogen (secondary N) is 1. The first-order chi connectivity index (χ1) is 16.0. The van der Waals surface area contributed by atoms with E-state index >= 15 is 0 Å². The minimum absolute atomic E-state index is 0.0498. The molecule has 2 atom stereocenters. The molecule has 172 valence electrons. The molecule has 0 bridgehead atoms. The molecule has 8 nitrogen and oxygen atoms in total. The number of carbonyl (C=O) groups is 2. The van der Waals surface area contributed by atoms with Gasteiger partial charge in [0, 0.05) is 20.2 Å². The van der Waals surface area contributed by atoms with E-state index in [9.17, 15) is 9.59 Å². The Kier molecular flexibility index (Phi) is 7.14. The summed E-state index contributed by atoms with van der Waals surface area (Å²) in [4.78, 5) is 27.5. The monoisotopic (exact) mass is 447 g/mol. The highest BCUT2D eigenvalue weighted by atomic mass is 16.5. The van der Waals surface area contributed by atoms with Gasteiger partial charge in [-0.05, 0) is 29.0 Å². The Hall–Kier alpha value is -3.52. The van der Waals surface area contributed by atoms with Crippen molar-refractivity contribution in [1.29, 1.82) is 0 Å². The number of rotatable bonds is 8. The van der Waals surface area contributed by atoms with Crippen molar-refractivity contribution in [2.75, 3.05) is 13.7 Å². The maximum absolute atomic E-state index is 13.0. The third-order valence-corrected chi connectivity index (χ3v) is 5.84. The topological polar surface area (TPSA) is 89.4 Å². The van der Waals surface area contributed by atoms with Crippen LogP contribution in [0.3, 0.4) is 0 Å². The zero-order valence-corrected chi connectivity index (χ0v) is 19.0. The molecule has 0 spiro atoms. The molecule has 2 heterocycles. The molecule has 0 unspecified atom stereocenters. The number of nitrogens with zero attached hydrogens (tertiary/aromatic N) is 4. The predicted molar refractivity (Wildman–Crippen MR) is 124 cm³/mol. The lowest BCUT2D eigenvalue weighted by molar-refractivity contribution is -0.139. The first kappa shape index (κ1) is 22.7. The maximum atomic E-state index is 13.0. The lowest BCUT2D eigenvalue weighted by Gasteiger charge is -2.24. The average Bonchev–Trinajstić information content (AvgIpc) is 3.45. The molecule has 0 radical (unpaired) electrons. The second-order valence-corrected chi connectivity index (χ2v) is 8.52. The number of carbonyl (C=O) groups excluding carboxylic acids is 2. The number of hydrogen-bond acceptors (Lipinski definition) is 5. The molecule has 1 aliphatic heterocycles. The first-order valence-corrected chi connectivity index (χ1v) is 11.1. The maximum Gasteiger partial charge on any atom is 0.245 e.